The molecule has 6 rings (SSSR count). The molecule has 0 N–H and O–H groups in total. The SMILES string of the molecule is CC1(C)O[C@@H]2[C@H](O1)C([C@@H]1OCCc3cc(Cl)c(Cl)cc31)O[C@H]2n1ccc2c(Cl)ncnc21. The van der Waals surface area contributed by atoms with Crippen molar-refractivity contribution in [2.24, 2.45) is 0 Å². The predicted octanol–water partition coefficient (Wildman–Crippen LogP) is 5.12. The average Bonchev–Trinajstić information content (AvgIpc) is 3.40. The third kappa shape index (κ3) is 3.26. The molecule has 1 unspecified atom stereocenters. The number of hydrogen-bond donors (Lipinski definition) is 0. The van der Waals surface area contributed by atoms with Crippen LogP contribution in [0.3, 0.4) is 0 Å². The molecule has 168 valence electrons. The molecule has 10 heteroatoms. The molecule has 1 aromatic carbocycles. The summed E-state index contributed by atoms with van der Waals surface area (Å²) in [6.07, 6.45) is 2.09. The molecule has 5 heterocycles. The lowest BCUT2D eigenvalue weighted by atomic mass is 9.92. The summed E-state index contributed by atoms with van der Waals surface area (Å²) >= 11 is 18.9. The normalized spacial score (nSPS) is 31.1. The van der Waals surface area contributed by atoms with Crippen molar-refractivity contribution in [3.05, 3.63) is 57.0 Å². The summed E-state index contributed by atoms with van der Waals surface area (Å²) in [7, 11) is 0. The Labute approximate surface area is 199 Å². The number of hydrogen-bond acceptors (Lipinski definition) is 6. The molecule has 3 aliphatic rings. The van der Waals surface area contributed by atoms with E-state index in [0.29, 0.717) is 27.5 Å². The van der Waals surface area contributed by atoms with Crippen LogP contribution in [0, 0.1) is 0 Å². The van der Waals surface area contributed by atoms with Gasteiger partial charge in [-0.25, -0.2) is 9.97 Å². The van der Waals surface area contributed by atoms with Gasteiger partial charge in [0.15, 0.2) is 12.0 Å². The van der Waals surface area contributed by atoms with Crippen LogP contribution in [0.5, 0.6) is 0 Å². The minimum Gasteiger partial charge on any atom is -0.370 e. The van der Waals surface area contributed by atoms with Crippen LogP contribution < -0.4 is 0 Å². The molecule has 2 aromatic heterocycles. The van der Waals surface area contributed by atoms with Gasteiger partial charge in [0.25, 0.3) is 0 Å². The van der Waals surface area contributed by atoms with E-state index in [1.165, 1.54) is 6.33 Å². The molecule has 0 bridgehead atoms. The van der Waals surface area contributed by atoms with Crippen molar-refractivity contribution in [3.8, 4) is 0 Å². The molecule has 32 heavy (non-hydrogen) atoms. The Bertz CT molecular complexity index is 1220. The summed E-state index contributed by atoms with van der Waals surface area (Å²) in [6.45, 7) is 4.36. The van der Waals surface area contributed by atoms with Gasteiger partial charge < -0.3 is 23.5 Å². The van der Waals surface area contributed by atoms with Crippen molar-refractivity contribution in [1.82, 2.24) is 14.5 Å². The number of fused-ring (bicyclic) bond motifs is 3. The van der Waals surface area contributed by atoms with Gasteiger partial charge in [-0.15, -0.1) is 0 Å². The molecule has 3 aliphatic heterocycles. The van der Waals surface area contributed by atoms with Gasteiger partial charge in [0, 0.05) is 6.20 Å². The van der Waals surface area contributed by atoms with Gasteiger partial charge in [0.05, 0.1) is 22.0 Å². The number of benzene rings is 1. The van der Waals surface area contributed by atoms with Crippen LogP contribution in [-0.4, -0.2) is 45.2 Å². The lowest BCUT2D eigenvalue weighted by Crippen LogP contribution is -2.37. The summed E-state index contributed by atoms with van der Waals surface area (Å²) in [6, 6.07) is 5.65. The van der Waals surface area contributed by atoms with Gasteiger partial charge in [-0.3, -0.25) is 0 Å². The van der Waals surface area contributed by atoms with E-state index < -0.39 is 18.1 Å². The minimum atomic E-state index is -0.764. The molecule has 0 amide bonds. The van der Waals surface area contributed by atoms with E-state index >= 15 is 0 Å². The van der Waals surface area contributed by atoms with Crippen LogP contribution in [0.25, 0.3) is 11.0 Å². The van der Waals surface area contributed by atoms with E-state index in [-0.39, 0.29) is 18.3 Å². The number of aromatic nitrogens is 3. The molecule has 2 fully saturated rings. The highest BCUT2D eigenvalue weighted by Crippen LogP contribution is 2.49. The summed E-state index contributed by atoms with van der Waals surface area (Å²) in [5, 5.41) is 2.15. The van der Waals surface area contributed by atoms with Gasteiger partial charge in [-0.05, 0) is 49.6 Å². The Balaban J connectivity index is 1.43. The number of ether oxygens (including phenoxy) is 4. The fraction of sp³-hybridized carbons (Fsp3) is 0.455. The molecular formula is C22H20Cl3N3O4. The van der Waals surface area contributed by atoms with Crippen molar-refractivity contribution in [2.45, 2.75) is 56.7 Å². The van der Waals surface area contributed by atoms with Crippen LogP contribution in [0.2, 0.25) is 15.2 Å². The smallest absolute Gasteiger partial charge is 0.164 e. The molecule has 0 radical (unpaired) electrons. The summed E-state index contributed by atoms with van der Waals surface area (Å²) in [5.41, 5.74) is 2.73. The van der Waals surface area contributed by atoms with Crippen LogP contribution >= 0.6 is 34.8 Å². The van der Waals surface area contributed by atoms with E-state index in [0.717, 1.165) is 22.9 Å². The molecule has 0 spiro atoms. The third-order valence-corrected chi connectivity index (χ3v) is 7.28. The Kier molecular flexibility index (Phi) is 4.97. The van der Waals surface area contributed by atoms with Gasteiger partial charge in [0.2, 0.25) is 0 Å². The first-order chi connectivity index (χ1) is 15.3. The zero-order valence-electron chi connectivity index (χ0n) is 17.3. The van der Waals surface area contributed by atoms with Crippen molar-refractivity contribution >= 4 is 45.8 Å². The lowest BCUT2D eigenvalue weighted by Gasteiger charge is -2.33. The predicted molar refractivity (Wildman–Crippen MR) is 119 cm³/mol. The van der Waals surface area contributed by atoms with Crippen LogP contribution in [0.1, 0.15) is 37.3 Å². The number of nitrogens with zero attached hydrogens (tertiary/aromatic N) is 3. The van der Waals surface area contributed by atoms with E-state index in [1.54, 1.807) is 0 Å². The van der Waals surface area contributed by atoms with Crippen molar-refractivity contribution in [2.75, 3.05) is 6.61 Å². The fourth-order valence-electron chi connectivity index (χ4n) is 4.96. The van der Waals surface area contributed by atoms with Crippen molar-refractivity contribution in [1.29, 1.82) is 0 Å². The fourth-order valence-corrected chi connectivity index (χ4v) is 5.51. The van der Waals surface area contributed by atoms with Crippen LogP contribution in [0.4, 0.5) is 0 Å². The Morgan fingerprint density at radius 3 is 2.66 bits per heavy atom. The molecule has 0 aliphatic carbocycles. The first-order valence-corrected chi connectivity index (χ1v) is 11.5. The topological polar surface area (TPSA) is 67.6 Å². The van der Waals surface area contributed by atoms with Crippen LogP contribution in [-0.2, 0) is 25.4 Å². The van der Waals surface area contributed by atoms with E-state index in [9.17, 15) is 0 Å². The van der Waals surface area contributed by atoms with E-state index in [2.05, 4.69) is 9.97 Å². The van der Waals surface area contributed by atoms with Gasteiger partial charge in [0.1, 0.15) is 41.5 Å². The summed E-state index contributed by atoms with van der Waals surface area (Å²) < 4.78 is 27.3. The van der Waals surface area contributed by atoms with Crippen LogP contribution in [0.15, 0.2) is 30.7 Å². The molecule has 0 saturated carbocycles. The maximum absolute atomic E-state index is 6.59. The first-order valence-electron chi connectivity index (χ1n) is 10.4. The van der Waals surface area contributed by atoms with Crippen molar-refractivity contribution < 1.29 is 18.9 Å². The Hall–Kier alpha value is -1.45. The maximum Gasteiger partial charge on any atom is 0.164 e. The van der Waals surface area contributed by atoms with Gasteiger partial charge in [-0.1, -0.05) is 34.8 Å². The molecule has 7 nitrogen and oxygen atoms in total. The monoisotopic (exact) mass is 495 g/mol. The third-order valence-electron chi connectivity index (χ3n) is 6.26. The second kappa shape index (κ2) is 7.53. The molecule has 2 saturated heterocycles. The quantitative estimate of drug-likeness (QED) is 0.459. The summed E-state index contributed by atoms with van der Waals surface area (Å²) in [4.78, 5) is 8.49. The van der Waals surface area contributed by atoms with E-state index in [1.807, 2.05) is 42.8 Å². The second-order valence-corrected chi connectivity index (χ2v) is 9.86. The average molecular weight is 497 g/mol. The lowest BCUT2D eigenvalue weighted by molar-refractivity contribution is -0.212. The summed E-state index contributed by atoms with van der Waals surface area (Å²) in [5.74, 6) is -0.764. The highest BCUT2D eigenvalue weighted by molar-refractivity contribution is 6.42. The highest BCUT2D eigenvalue weighted by atomic mass is 35.5. The molecule has 3 aromatic rings. The first kappa shape index (κ1) is 21.1. The Morgan fingerprint density at radius 1 is 1.03 bits per heavy atom. The second-order valence-electron chi connectivity index (χ2n) is 8.69. The maximum atomic E-state index is 6.59. The van der Waals surface area contributed by atoms with Gasteiger partial charge in [-0.2, -0.15) is 0 Å². The molecule has 5 atom stereocenters. The standard InChI is InChI=1S/C22H20Cl3N3O4/c1-22(2)31-17-16(15-12-8-14(24)13(23)7-10(12)4-6-29-15)30-21(18(17)32-22)28-5-3-11-19(25)26-9-27-20(11)28/h3,5,7-9,15-18,21H,4,6H2,1-2H3/t15-,16?,17-,18-,21-/m1/s1. The van der Waals surface area contributed by atoms with E-state index in [4.69, 9.17) is 53.8 Å². The zero-order chi connectivity index (χ0) is 22.2. The number of rotatable bonds is 2. The van der Waals surface area contributed by atoms with Gasteiger partial charge >= 0.3 is 0 Å². The minimum absolute atomic E-state index is 0.352. The molecular weight excluding hydrogens is 477 g/mol. The van der Waals surface area contributed by atoms with Crippen molar-refractivity contribution in [3.63, 3.8) is 0 Å². The largest absolute Gasteiger partial charge is 0.370 e. The highest BCUT2D eigenvalue weighted by Gasteiger charge is 2.58. The zero-order valence-corrected chi connectivity index (χ0v) is 19.6. The Morgan fingerprint density at radius 2 is 1.81 bits per heavy atom. The number of halogens is 3.